The van der Waals surface area contributed by atoms with Gasteiger partial charge in [-0.2, -0.15) is 0 Å². The fraction of sp³-hybridized carbons (Fsp3) is 0.409. The van der Waals surface area contributed by atoms with E-state index in [0.717, 1.165) is 44.8 Å². The first-order valence-electron chi connectivity index (χ1n) is 9.65. The maximum Gasteiger partial charge on any atom is 0.124 e. The number of hydrogen-bond acceptors (Lipinski definition) is 3. The van der Waals surface area contributed by atoms with Crippen molar-refractivity contribution in [1.82, 2.24) is 19.4 Å². The van der Waals surface area contributed by atoms with Gasteiger partial charge in [0.25, 0.3) is 0 Å². The lowest BCUT2D eigenvalue weighted by atomic mass is 10.2. The topological polar surface area (TPSA) is 24.3 Å². The number of piperazine rings is 1. The molecule has 1 aliphatic rings. The van der Waals surface area contributed by atoms with E-state index < -0.39 is 0 Å². The second-order valence-corrected chi connectivity index (χ2v) is 7.52. The summed E-state index contributed by atoms with van der Waals surface area (Å²) in [5, 5.41) is 0. The van der Waals surface area contributed by atoms with Crippen LogP contribution in [0, 0.1) is 0 Å². The maximum atomic E-state index is 4.92. The molecular weight excluding hydrogens is 356 g/mol. The summed E-state index contributed by atoms with van der Waals surface area (Å²) in [5.41, 5.74) is 3.77. The molecule has 0 amide bonds. The third kappa shape index (κ3) is 4.52. The fourth-order valence-electron chi connectivity index (χ4n) is 3.93. The molecule has 0 bridgehead atoms. The quantitative estimate of drug-likeness (QED) is 0.653. The van der Waals surface area contributed by atoms with Crippen LogP contribution < -0.4 is 0 Å². The van der Waals surface area contributed by atoms with E-state index in [9.17, 15) is 0 Å². The molecule has 2 heterocycles. The largest absolute Gasteiger partial charge is 0.324 e. The van der Waals surface area contributed by atoms with Crippen molar-refractivity contribution < 1.29 is 0 Å². The van der Waals surface area contributed by atoms with Gasteiger partial charge in [0.1, 0.15) is 5.82 Å². The van der Waals surface area contributed by atoms with Gasteiger partial charge >= 0.3 is 0 Å². The summed E-state index contributed by atoms with van der Waals surface area (Å²) in [7, 11) is 0. The van der Waals surface area contributed by atoms with E-state index in [1.807, 2.05) is 0 Å². The van der Waals surface area contributed by atoms with Gasteiger partial charge in [-0.25, -0.2) is 4.98 Å². The highest BCUT2D eigenvalue weighted by molar-refractivity contribution is 5.85. The smallest absolute Gasteiger partial charge is 0.124 e. The molecule has 4 nitrogen and oxygen atoms in total. The number of imidazole rings is 1. The first-order valence-corrected chi connectivity index (χ1v) is 9.65. The van der Waals surface area contributed by atoms with E-state index >= 15 is 0 Å². The summed E-state index contributed by atoms with van der Waals surface area (Å²) in [5.74, 6) is 1.19. The zero-order chi connectivity index (χ0) is 17.9. The van der Waals surface area contributed by atoms with Gasteiger partial charge in [-0.3, -0.25) is 9.80 Å². The minimum Gasteiger partial charge on any atom is -0.324 e. The molecule has 1 fully saturated rings. The van der Waals surface area contributed by atoms with Crippen molar-refractivity contribution in [1.29, 1.82) is 0 Å². The molecule has 0 saturated carbocycles. The number of hydrogen-bond donors (Lipinski definition) is 0. The Kier molecular flexibility index (Phi) is 6.53. The van der Waals surface area contributed by atoms with Crippen molar-refractivity contribution in [3.63, 3.8) is 0 Å². The monoisotopic (exact) mass is 384 g/mol. The number of nitrogens with zero attached hydrogens (tertiary/aromatic N) is 4. The van der Waals surface area contributed by atoms with E-state index in [-0.39, 0.29) is 12.4 Å². The Labute approximate surface area is 168 Å². The minimum absolute atomic E-state index is 0. The summed E-state index contributed by atoms with van der Waals surface area (Å²) in [6, 6.07) is 19.7. The number of benzene rings is 2. The molecule has 0 aliphatic carbocycles. The van der Waals surface area contributed by atoms with Gasteiger partial charge in [0.05, 0.1) is 17.6 Å². The maximum absolute atomic E-state index is 4.92. The summed E-state index contributed by atoms with van der Waals surface area (Å²) in [6.45, 7) is 10.9. The van der Waals surface area contributed by atoms with Crippen LogP contribution in [0.2, 0.25) is 0 Å². The molecule has 1 aliphatic heterocycles. The Morgan fingerprint density at radius 3 is 2.07 bits per heavy atom. The van der Waals surface area contributed by atoms with Crippen LogP contribution >= 0.6 is 12.4 Å². The van der Waals surface area contributed by atoms with Crippen LogP contribution in [0.3, 0.4) is 0 Å². The molecule has 5 heteroatoms. The normalized spacial score (nSPS) is 16.0. The Balaban J connectivity index is 0.00000210. The lowest BCUT2D eigenvalue weighted by Crippen LogP contribution is -2.45. The van der Waals surface area contributed by atoms with E-state index in [1.54, 1.807) is 0 Å². The molecule has 144 valence electrons. The van der Waals surface area contributed by atoms with Crippen LogP contribution in [0.1, 0.15) is 31.3 Å². The zero-order valence-corrected chi connectivity index (χ0v) is 17.0. The van der Waals surface area contributed by atoms with Gasteiger partial charge in [-0.05, 0) is 31.5 Å². The van der Waals surface area contributed by atoms with Crippen LogP contribution in [0.15, 0.2) is 54.6 Å². The Morgan fingerprint density at radius 1 is 0.815 bits per heavy atom. The van der Waals surface area contributed by atoms with Gasteiger partial charge < -0.3 is 4.57 Å². The first-order chi connectivity index (χ1) is 12.7. The van der Waals surface area contributed by atoms with Gasteiger partial charge in [-0.1, -0.05) is 42.5 Å². The van der Waals surface area contributed by atoms with Crippen molar-refractivity contribution in [3.8, 4) is 0 Å². The highest BCUT2D eigenvalue weighted by Gasteiger charge is 2.20. The Bertz CT molecular complexity index is 851. The molecule has 1 aromatic heterocycles. The van der Waals surface area contributed by atoms with Gasteiger partial charge in [0, 0.05) is 38.8 Å². The van der Waals surface area contributed by atoms with Gasteiger partial charge in [0.2, 0.25) is 0 Å². The first kappa shape index (κ1) is 19.9. The van der Waals surface area contributed by atoms with Crippen molar-refractivity contribution in [3.05, 3.63) is 66.0 Å². The van der Waals surface area contributed by atoms with Crippen molar-refractivity contribution >= 4 is 23.4 Å². The average Bonchev–Trinajstić information content (AvgIpc) is 3.02. The number of para-hydroxylation sites is 2. The van der Waals surface area contributed by atoms with E-state index in [1.165, 1.54) is 16.9 Å². The standard InChI is InChI=1S/C22H28N4.ClH/c1-18(2)26-21-11-7-6-10-20(21)23-22(26)17-25-14-12-24(13-15-25)16-19-8-4-3-5-9-19;/h3-11,18H,12-17H2,1-2H3;1H. The predicted octanol–water partition coefficient (Wildman–Crippen LogP) is 4.36. The van der Waals surface area contributed by atoms with Crippen LogP contribution in [0.4, 0.5) is 0 Å². The van der Waals surface area contributed by atoms with Crippen LogP contribution in [0.5, 0.6) is 0 Å². The number of halogens is 1. The van der Waals surface area contributed by atoms with Gasteiger partial charge in [0.15, 0.2) is 0 Å². The molecular formula is C22H29ClN4. The molecule has 4 rings (SSSR count). The molecule has 1 saturated heterocycles. The summed E-state index contributed by atoms with van der Waals surface area (Å²) >= 11 is 0. The highest BCUT2D eigenvalue weighted by Crippen LogP contribution is 2.22. The van der Waals surface area contributed by atoms with Gasteiger partial charge in [-0.15, -0.1) is 12.4 Å². The second-order valence-electron chi connectivity index (χ2n) is 7.52. The molecule has 27 heavy (non-hydrogen) atoms. The third-order valence-corrected chi connectivity index (χ3v) is 5.26. The lowest BCUT2D eigenvalue weighted by molar-refractivity contribution is 0.118. The highest BCUT2D eigenvalue weighted by atomic mass is 35.5. The van der Waals surface area contributed by atoms with Crippen LogP contribution in [0.25, 0.3) is 11.0 Å². The Hall–Kier alpha value is -1.88. The summed E-state index contributed by atoms with van der Waals surface area (Å²) in [4.78, 5) is 10.0. The van der Waals surface area contributed by atoms with Crippen molar-refractivity contribution in [2.24, 2.45) is 0 Å². The molecule has 3 aromatic rings. The molecule has 0 N–H and O–H groups in total. The van der Waals surface area contributed by atoms with E-state index in [4.69, 9.17) is 4.98 Å². The van der Waals surface area contributed by atoms with E-state index in [0.29, 0.717) is 6.04 Å². The summed E-state index contributed by atoms with van der Waals surface area (Å²) in [6.07, 6.45) is 0. The fourth-order valence-corrected chi connectivity index (χ4v) is 3.93. The minimum atomic E-state index is 0. The number of fused-ring (bicyclic) bond motifs is 1. The van der Waals surface area contributed by atoms with Crippen molar-refractivity contribution in [2.75, 3.05) is 26.2 Å². The average molecular weight is 385 g/mol. The molecule has 0 spiro atoms. The molecule has 0 atom stereocenters. The van der Waals surface area contributed by atoms with Crippen molar-refractivity contribution in [2.45, 2.75) is 33.0 Å². The van der Waals surface area contributed by atoms with E-state index in [2.05, 4.69) is 82.8 Å². The van der Waals surface area contributed by atoms with Crippen LogP contribution in [-0.4, -0.2) is 45.5 Å². The second kappa shape index (κ2) is 8.87. The zero-order valence-electron chi connectivity index (χ0n) is 16.2. The molecule has 2 aromatic carbocycles. The summed E-state index contributed by atoms with van der Waals surface area (Å²) < 4.78 is 2.39. The molecule has 0 radical (unpaired) electrons. The number of aromatic nitrogens is 2. The number of rotatable bonds is 5. The third-order valence-electron chi connectivity index (χ3n) is 5.26. The molecule has 0 unspecified atom stereocenters. The SMILES string of the molecule is CC(C)n1c(CN2CCN(Cc3ccccc3)CC2)nc2ccccc21.Cl. The predicted molar refractivity (Wildman–Crippen MR) is 114 cm³/mol. The Morgan fingerprint density at radius 2 is 1.41 bits per heavy atom. The van der Waals surface area contributed by atoms with Crippen LogP contribution in [-0.2, 0) is 13.1 Å². The lowest BCUT2D eigenvalue weighted by Gasteiger charge is -2.34.